The van der Waals surface area contributed by atoms with E-state index in [1.165, 1.54) is 11.3 Å². The van der Waals surface area contributed by atoms with E-state index in [-0.39, 0.29) is 12.2 Å². The molecule has 0 aliphatic carbocycles. The summed E-state index contributed by atoms with van der Waals surface area (Å²) >= 11 is 7.85. The Hall–Kier alpha value is -3.48. The molecule has 5 nitrogen and oxygen atoms in total. The molecule has 7 heteroatoms. The van der Waals surface area contributed by atoms with Crippen molar-refractivity contribution in [3.8, 4) is 0 Å². The van der Waals surface area contributed by atoms with Crippen LogP contribution in [0.3, 0.4) is 0 Å². The van der Waals surface area contributed by atoms with Crippen molar-refractivity contribution in [3.63, 3.8) is 0 Å². The molecule has 0 N–H and O–H groups in total. The fraction of sp³-hybridized carbons (Fsp3) is 0.148. The number of hydrogen-bond donors (Lipinski definition) is 0. The van der Waals surface area contributed by atoms with Gasteiger partial charge in [-0.25, -0.2) is 9.79 Å². The predicted molar refractivity (Wildman–Crippen MR) is 136 cm³/mol. The average Bonchev–Trinajstić information content (AvgIpc) is 3.13. The first-order valence-corrected chi connectivity index (χ1v) is 12.1. The minimum Gasteiger partial charge on any atom is -0.463 e. The van der Waals surface area contributed by atoms with E-state index in [0.717, 1.165) is 16.3 Å². The van der Waals surface area contributed by atoms with Crippen molar-refractivity contribution in [2.75, 3.05) is 6.61 Å². The van der Waals surface area contributed by atoms with Crippen molar-refractivity contribution >= 4 is 45.8 Å². The molecular weight excluding hydrogens is 468 g/mol. The maximum Gasteiger partial charge on any atom is 0.338 e. The second-order valence-corrected chi connectivity index (χ2v) is 9.31. The summed E-state index contributed by atoms with van der Waals surface area (Å²) in [6.07, 6.45) is 1.89. The monoisotopic (exact) mass is 488 g/mol. The minimum atomic E-state index is -0.723. The second-order valence-electron chi connectivity index (χ2n) is 7.89. The molecule has 0 saturated carbocycles. The summed E-state index contributed by atoms with van der Waals surface area (Å²) in [7, 11) is 0. The highest BCUT2D eigenvalue weighted by Crippen LogP contribution is 2.34. The SMILES string of the molecule is CCOC(=O)C1=C(C)N=c2s/c(=C\c3cccc4ccccc34)c(=O)n2[C@@H]1c1ccccc1Cl. The summed E-state index contributed by atoms with van der Waals surface area (Å²) in [5, 5.41) is 2.62. The topological polar surface area (TPSA) is 60.7 Å². The molecule has 3 aromatic carbocycles. The number of thiazole rings is 1. The van der Waals surface area contributed by atoms with Gasteiger partial charge in [0.05, 0.1) is 22.4 Å². The van der Waals surface area contributed by atoms with Crippen molar-refractivity contribution in [1.82, 2.24) is 4.57 Å². The number of halogens is 1. The number of carbonyl (C=O) groups excluding carboxylic acids is 1. The zero-order chi connectivity index (χ0) is 23.8. The van der Waals surface area contributed by atoms with Crippen LogP contribution in [0.25, 0.3) is 16.8 Å². The lowest BCUT2D eigenvalue weighted by molar-refractivity contribution is -0.139. The second kappa shape index (κ2) is 9.05. The van der Waals surface area contributed by atoms with E-state index < -0.39 is 12.0 Å². The zero-order valence-electron chi connectivity index (χ0n) is 18.6. The van der Waals surface area contributed by atoms with Crippen molar-refractivity contribution in [2.24, 2.45) is 4.99 Å². The molecule has 1 aliphatic heterocycles. The maximum absolute atomic E-state index is 13.7. The molecule has 0 saturated heterocycles. The number of carbonyl (C=O) groups is 1. The molecule has 0 amide bonds. The number of fused-ring (bicyclic) bond motifs is 2. The van der Waals surface area contributed by atoms with E-state index >= 15 is 0 Å². The van der Waals surface area contributed by atoms with Crippen LogP contribution in [0.5, 0.6) is 0 Å². The van der Waals surface area contributed by atoms with E-state index in [2.05, 4.69) is 4.99 Å². The van der Waals surface area contributed by atoms with Crippen LogP contribution < -0.4 is 14.9 Å². The van der Waals surface area contributed by atoms with Gasteiger partial charge in [0, 0.05) is 5.02 Å². The molecule has 1 aliphatic rings. The standard InChI is InChI=1S/C27H21ClN2O3S/c1-3-33-26(32)23-16(2)29-27-30(24(23)20-13-6-7-14-21(20)28)25(31)22(34-27)15-18-11-8-10-17-9-4-5-12-19(17)18/h4-15,24H,3H2,1-2H3/b22-15-/t24-/m1/s1. The average molecular weight is 489 g/mol. The van der Waals surface area contributed by atoms with E-state index in [4.69, 9.17) is 16.3 Å². The van der Waals surface area contributed by atoms with Gasteiger partial charge >= 0.3 is 5.97 Å². The summed E-state index contributed by atoms with van der Waals surface area (Å²) in [5.74, 6) is -0.503. The van der Waals surface area contributed by atoms with Gasteiger partial charge in [0.25, 0.3) is 5.56 Å². The Kier molecular flexibility index (Phi) is 5.94. The van der Waals surface area contributed by atoms with Crippen LogP contribution in [0.2, 0.25) is 5.02 Å². The number of allylic oxidation sites excluding steroid dienone is 1. The highest BCUT2D eigenvalue weighted by Gasteiger charge is 2.34. The molecule has 0 unspecified atom stereocenters. The van der Waals surface area contributed by atoms with Gasteiger partial charge in [-0.3, -0.25) is 9.36 Å². The molecule has 1 atom stereocenters. The van der Waals surface area contributed by atoms with Crippen LogP contribution in [0.1, 0.15) is 31.0 Å². The highest BCUT2D eigenvalue weighted by atomic mass is 35.5. The van der Waals surface area contributed by atoms with Crippen LogP contribution in [0.15, 0.2) is 87.8 Å². The number of aromatic nitrogens is 1. The van der Waals surface area contributed by atoms with E-state index in [0.29, 0.717) is 31.2 Å². The summed E-state index contributed by atoms with van der Waals surface area (Å²) < 4.78 is 7.42. The summed E-state index contributed by atoms with van der Waals surface area (Å²) in [4.78, 5) is 31.9. The lowest BCUT2D eigenvalue weighted by Gasteiger charge is -2.25. The van der Waals surface area contributed by atoms with Crippen LogP contribution in [-0.4, -0.2) is 17.1 Å². The summed E-state index contributed by atoms with van der Waals surface area (Å²) in [6, 6.07) is 20.6. The zero-order valence-corrected chi connectivity index (χ0v) is 20.2. The summed E-state index contributed by atoms with van der Waals surface area (Å²) in [6.45, 7) is 3.73. The Morgan fingerprint density at radius 1 is 1.12 bits per heavy atom. The number of esters is 1. The first-order valence-electron chi connectivity index (χ1n) is 10.9. The van der Waals surface area contributed by atoms with Crippen molar-refractivity contribution in [2.45, 2.75) is 19.9 Å². The Balaban J connectivity index is 1.77. The Morgan fingerprint density at radius 3 is 2.65 bits per heavy atom. The van der Waals surface area contributed by atoms with Gasteiger partial charge in [0.1, 0.15) is 6.04 Å². The fourth-order valence-corrected chi connectivity index (χ4v) is 5.58. The molecule has 0 fully saturated rings. The highest BCUT2D eigenvalue weighted by molar-refractivity contribution is 7.07. The molecule has 0 bridgehead atoms. The lowest BCUT2D eigenvalue weighted by Crippen LogP contribution is -2.40. The Labute approximate surface area is 204 Å². The van der Waals surface area contributed by atoms with Gasteiger partial charge in [0.2, 0.25) is 0 Å². The first-order chi connectivity index (χ1) is 16.5. The van der Waals surface area contributed by atoms with Crippen LogP contribution >= 0.6 is 22.9 Å². The fourth-order valence-electron chi connectivity index (χ4n) is 4.30. The van der Waals surface area contributed by atoms with Gasteiger partial charge in [0.15, 0.2) is 4.80 Å². The lowest BCUT2D eigenvalue weighted by atomic mass is 9.96. The number of benzene rings is 3. The van der Waals surface area contributed by atoms with Crippen molar-refractivity contribution in [3.05, 3.63) is 114 Å². The largest absolute Gasteiger partial charge is 0.463 e. The predicted octanol–water partition coefficient (Wildman–Crippen LogP) is 4.60. The molecule has 2 heterocycles. The summed E-state index contributed by atoms with van der Waals surface area (Å²) in [5.41, 5.74) is 2.20. The first kappa shape index (κ1) is 22.3. The minimum absolute atomic E-state index is 0.219. The number of ether oxygens (including phenoxy) is 1. The third-order valence-corrected chi connectivity index (χ3v) is 7.15. The quantitative estimate of drug-likeness (QED) is 0.394. The van der Waals surface area contributed by atoms with E-state index in [1.807, 2.05) is 66.7 Å². The normalized spacial score (nSPS) is 15.9. The van der Waals surface area contributed by atoms with Crippen molar-refractivity contribution in [1.29, 1.82) is 0 Å². The van der Waals surface area contributed by atoms with Gasteiger partial charge in [-0.2, -0.15) is 0 Å². The number of hydrogen-bond acceptors (Lipinski definition) is 5. The van der Waals surface area contributed by atoms with E-state index in [1.54, 1.807) is 24.5 Å². The molecular formula is C27H21ClN2O3S. The Bertz CT molecular complexity index is 1640. The molecule has 4 aromatic rings. The molecule has 0 radical (unpaired) electrons. The number of nitrogens with zero attached hydrogens (tertiary/aromatic N) is 2. The van der Waals surface area contributed by atoms with Crippen LogP contribution in [0, 0.1) is 0 Å². The van der Waals surface area contributed by atoms with Crippen LogP contribution in [0.4, 0.5) is 0 Å². The third-order valence-electron chi connectivity index (χ3n) is 5.83. The van der Waals surface area contributed by atoms with Crippen LogP contribution in [-0.2, 0) is 9.53 Å². The smallest absolute Gasteiger partial charge is 0.338 e. The molecule has 5 rings (SSSR count). The Morgan fingerprint density at radius 2 is 1.85 bits per heavy atom. The van der Waals surface area contributed by atoms with Gasteiger partial charge < -0.3 is 4.74 Å². The van der Waals surface area contributed by atoms with Gasteiger partial charge in [-0.15, -0.1) is 0 Å². The molecule has 0 spiro atoms. The molecule has 1 aromatic heterocycles. The maximum atomic E-state index is 13.7. The van der Waals surface area contributed by atoms with Gasteiger partial charge in [-0.1, -0.05) is 83.6 Å². The van der Waals surface area contributed by atoms with Crippen molar-refractivity contribution < 1.29 is 9.53 Å². The van der Waals surface area contributed by atoms with Gasteiger partial charge in [-0.05, 0) is 47.9 Å². The third kappa shape index (κ3) is 3.79. The number of rotatable bonds is 4. The molecule has 34 heavy (non-hydrogen) atoms. The molecule has 170 valence electrons. The van der Waals surface area contributed by atoms with E-state index in [9.17, 15) is 9.59 Å².